The lowest BCUT2D eigenvalue weighted by atomic mass is 10.1. The van der Waals surface area contributed by atoms with E-state index in [-0.39, 0.29) is 26.0 Å². The van der Waals surface area contributed by atoms with Gasteiger partial charge in [-0.15, -0.1) is 0 Å². The van der Waals surface area contributed by atoms with Gasteiger partial charge in [0.2, 0.25) is 0 Å². The third-order valence-electron chi connectivity index (χ3n) is 3.79. The summed E-state index contributed by atoms with van der Waals surface area (Å²) in [7, 11) is -3.53. The average Bonchev–Trinajstić information content (AvgIpc) is 2.88. The van der Waals surface area contributed by atoms with Crippen LogP contribution in [-0.4, -0.2) is 54.8 Å². The van der Waals surface area contributed by atoms with Crippen LogP contribution < -0.4 is 5.32 Å². The summed E-state index contributed by atoms with van der Waals surface area (Å²) in [5.74, 6) is -0.844. The molecule has 1 aromatic carbocycles. The number of esters is 1. The summed E-state index contributed by atoms with van der Waals surface area (Å²) in [6.45, 7) is 3.59. The van der Waals surface area contributed by atoms with Crippen LogP contribution in [0.1, 0.15) is 19.4 Å². The van der Waals surface area contributed by atoms with Crippen molar-refractivity contribution in [1.29, 1.82) is 0 Å². The molecule has 2 rings (SSSR count). The Bertz CT molecular complexity index is 673. The van der Waals surface area contributed by atoms with Crippen LogP contribution in [0.25, 0.3) is 0 Å². The Labute approximate surface area is 157 Å². The highest BCUT2D eigenvalue weighted by molar-refractivity contribution is 7.53. The smallest absolute Gasteiger partial charge is 0.408 e. The van der Waals surface area contributed by atoms with Crippen molar-refractivity contribution in [3.63, 3.8) is 0 Å². The lowest BCUT2D eigenvalue weighted by Crippen LogP contribution is -2.46. The van der Waals surface area contributed by atoms with Crippen molar-refractivity contribution in [2.24, 2.45) is 0 Å². The zero-order chi connectivity index (χ0) is 19.9. The predicted molar refractivity (Wildman–Crippen MR) is 95.2 cm³/mol. The fourth-order valence-corrected chi connectivity index (χ4v) is 4.39. The molecule has 0 unspecified atom stereocenters. The van der Waals surface area contributed by atoms with Crippen LogP contribution in [0.15, 0.2) is 30.3 Å². The van der Waals surface area contributed by atoms with Gasteiger partial charge in [0.05, 0.1) is 19.4 Å². The zero-order valence-corrected chi connectivity index (χ0v) is 16.1. The first kappa shape index (κ1) is 21.4. The van der Waals surface area contributed by atoms with E-state index in [1.807, 2.05) is 6.07 Å². The van der Waals surface area contributed by atoms with Gasteiger partial charge in [0.1, 0.15) is 18.8 Å². The van der Waals surface area contributed by atoms with Gasteiger partial charge >= 0.3 is 19.7 Å². The molecule has 1 saturated heterocycles. The molecule has 0 saturated carbocycles. The number of carbonyl (C=O) groups is 2. The lowest BCUT2D eigenvalue weighted by Gasteiger charge is -2.21. The van der Waals surface area contributed by atoms with Crippen molar-refractivity contribution in [3.05, 3.63) is 35.9 Å². The van der Waals surface area contributed by atoms with E-state index in [1.165, 1.54) is 0 Å². The number of nitrogens with one attached hydrogen (secondary N) is 1. The third kappa shape index (κ3) is 6.04. The monoisotopic (exact) mass is 401 g/mol. The molecule has 3 atom stereocenters. The second-order valence-electron chi connectivity index (χ2n) is 5.78. The molecule has 1 amide bonds. The Morgan fingerprint density at radius 1 is 1.22 bits per heavy atom. The Hall–Kier alpha value is -1.93. The van der Waals surface area contributed by atoms with E-state index in [4.69, 9.17) is 18.5 Å². The van der Waals surface area contributed by atoms with Gasteiger partial charge in [-0.3, -0.25) is 4.57 Å². The molecule has 0 spiro atoms. The largest absolute Gasteiger partial charge is 0.457 e. The molecule has 0 radical (unpaired) electrons. The molecule has 0 bridgehead atoms. The zero-order valence-electron chi connectivity index (χ0n) is 15.2. The van der Waals surface area contributed by atoms with Crippen LogP contribution in [0.2, 0.25) is 0 Å². The molecular formula is C17H24NO8P. The molecule has 1 fully saturated rings. The number of alkyl carbamates (subject to hydrolysis) is 1. The first-order chi connectivity index (χ1) is 12.9. The summed E-state index contributed by atoms with van der Waals surface area (Å²) in [5.41, 5.74) is 0.773. The second kappa shape index (κ2) is 9.85. The minimum atomic E-state index is -3.53. The highest BCUT2D eigenvalue weighted by Gasteiger charge is 2.48. The molecule has 1 heterocycles. The molecule has 150 valence electrons. The molecule has 1 aliphatic rings. The van der Waals surface area contributed by atoms with Crippen molar-refractivity contribution in [3.8, 4) is 0 Å². The second-order valence-corrected chi connectivity index (χ2v) is 7.88. The maximum Gasteiger partial charge on any atom is 0.408 e. The number of hydrogen-bond acceptors (Lipinski definition) is 8. The van der Waals surface area contributed by atoms with E-state index in [1.54, 1.807) is 38.1 Å². The standard InChI is InChI=1S/C17H24NO8P/c1-3-24-27(22,25-4-2)11-13-15(19)14(16(20)26-13)18-17(21)23-10-12-8-6-5-7-9-12/h5-9,13-15,19H,3-4,10-11H2,1-2H3,(H,18,21)/t13-,14-,15-/m1/s1. The van der Waals surface area contributed by atoms with Gasteiger partial charge in [0, 0.05) is 0 Å². The van der Waals surface area contributed by atoms with Crippen LogP contribution in [0.4, 0.5) is 4.79 Å². The number of benzene rings is 1. The van der Waals surface area contributed by atoms with E-state index >= 15 is 0 Å². The third-order valence-corrected chi connectivity index (χ3v) is 5.90. The number of cyclic esters (lactones) is 1. The molecular weight excluding hydrogens is 377 g/mol. The summed E-state index contributed by atoms with van der Waals surface area (Å²) < 4.78 is 32.9. The number of hydrogen-bond donors (Lipinski definition) is 2. The molecule has 1 aliphatic heterocycles. The van der Waals surface area contributed by atoms with Crippen molar-refractivity contribution < 1.29 is 37.8 Å². The number of aliphatic hydroxyl groups is 1. The fraction of sp³-hybridized carbons (Fsp3) is 0.529. The SMILES string of the molecule is CCOP(=O)(C[C@H]1OC(=O)[C@H](NC(=O)OCc2ccccc2)[C@@H]1O)OCC. The first-order valence-corrected chi connectivity index (χ1v) is 10.3. The van der Waals surface area contributed by atoms with E-state index < -0.39 is 37.9 Å². The normalized spacial score (nSPS) is 22.3. The molecule has 2 N–H and O–H groups in total. The van der Waals surface area contributed by atoms with Gasteiger partial charge < -0.3 is 28.9 Å². The van der Waals surface area contributed by atoms with Crippen LogP contribution >= 0.6 is 7.60 Å². The maximum atomic E-state index is 12.6. The van der Waals surface area contributed by atoms with Gasteiger partial charge in [-0.1, -0.05) is 30.3 Å². The lowest BCUT2D eigenvalue weighted by molar-refractivity contribution is -0.142. The minimum absolute atomic E-state index is 0.0118. The molecule has 1 aromatic rings. The highest BCUT2D eigenvalue weighted by Crippen LogP contribution is 2.49. The van der Waals surface area contributed by atoms with Crippen LogP contribution in [-0.2, 0) is 34.5 Å². The maximum absolute atomic E-state index is 12.6. The Kier molecular flexibility index (Phi) is 7.79. The van der Waals surface area contributed by atoms with E-state index in [0.29, 0.717) is 0 Å². The number of rotatable bonds is 9. The predicted octanol–water partition coefficient (Wildman–Crippen LogP) is 1.83. The summed E-state index contributed by atoms with van der Waals surface area (Å²) in [6, 6.07) is 7.66. The molecule has 0 aromatic heterocycles. The van der Waals surface area contributed by atoms with Gasteiger partial charge in [-0.2, -0.15) is 0 Å². The quantitative estimate of drug-likeness (QED) is 0.475. The van der Waals surface area contributed by atoms with Crippen molar-refractivity contribution in [2.45, 2.75) is 38.7 Å². The Morgan fingerprint density at radius 3 is 2.44 bits per heavy atom. The summed E-state index contributed by atoms with van der Waals surface area (Å²) in [4.78, 5) is 23.9. The van der Waals surface area contributed by atoms with Crippen LogP contribution in [0.3, 0.4) is 0 Å². The van der Waals surface area contributed by atoms with Gasteiger partial charge in [0.25, 0.3) is 0 Å². The van der Waals surface area contributed by atoms with Crippen molar-refractivity contribution in [1.82, 2.24) is 5.32 Å². The van der Waals surface area contributed by atoms with Crippen LogP contribution in [0.5, 0.6) is 0 Å². The fourth-order valence-electron chi connectivity index (χ4n) is 2.58. The Morgan fingerprint density at radius 2 is 1.85 bits per heavy atom. The topological polar surface area (TPSA) is 120 Å². The van der Waals surface area contributed by atoms with E-state index in [0.717, 1.165) is 5.56 Å². The average molecular weight is 401 g/mol. The number of aliphatic hydroxyl groups excluding tert-OH is 1. The van der Waals surface area contributed by atoms with Crippen molar-refractivity contribution in [2.75, 3.05) is 19.4 Å². The number of ether oxygens (including phenoxy) is 2. The van der Waals surface area contributed by atoms with Crippen molar-refractivity contribution >= 4 is 19.7 Å². The van der Waals surface area contributed by atoms with E-state index in [9.17, 15) is 19.3 Å². The minimum Gasteiger partial charge on any atom is -0.457 e. The molecule has 0 aliphatic carbocycles. The van der Waals surface area contributed by atoms with Crippen LogP contribution in [0, 0.1) is 0 Å². The number of carbonyl (C=O) groups excluding carboxylic acids is 2. The molecule has 10 heteroatoms. The van der Waals surface area contributed by atoms with E-state index in [2.05, 4.69) is 5.32 Å². The summed E-state index contributed by atoms with van der Waals surface area (Å²) >= 11 is 0. The Balaban J connectivity index is 1.91. The number of amides is 1. The van der Waals surface area contributed by atoms with Gasteiger partial charge in [-0.05, 0) is 19.4 Å². The summed E-state index contributed by atoms with van der Waals surface area (Å²) in [6.07, 6.45) is -3.71. The van der Waals surface area contributed by atoms with Gasteiger partial charge in [-0.25, -0.2) is 9.59 Å². The summed E-state index contributed by atoms with van der Waals surface area (Å²) in [5, 5.41) is 12.6. The molecule has 27 heavy (non-hydrogen) atoms. The highest BCUT2D eigenvalue weighted by atomic mass is 31.2. The molecule has 9 nitrogen and oxygen atoms in total. The van der Waals surface area contributed by atoms with Gasteiger partial charge in [0.15, 0.2) is 6.04 Å². The first-order valence-electron chi connectivity index (χ1n) is 8.62.